The van der Waals surface area contributed by atoms with Crippen LogP contribution in [0.4, 0.5) is 5.69 Å². The van der Waals surface area contributed by atoms with Crippen molar-refractivity contribution in [3.05, 3.63) is 58.1 Å². The zero-order chi connectivity index (χ0) is 20.8. The average molecular weight is 436 g/mol. The first-order valence-electron chi connectivity index (χ1n) is 9.39. The molecular weight excluding hydrogens is 413 g/mol. The van der Waals surface area contributed by atoms with E-state index in [-0.39, 0.29) is 24.3 Å². The number of halogens is 2. The maximum absolute atomic E-state index is 12.1. The first-order chi connectivity index (χ1) is 13.9. The average Bonchev–Trinajstić information content (AvgIpc) is 2.69. The zero-order valence-corrected chi connectivity index (χ0v) is 17.4. The van der Waals surface area contributed by atoms with E-state index in [0.717, 1.165) is 31.5 Å². The van der Waals surface area contributed by atoms with Gasteiger partial charge in [0.15, 0.2) is 6.61 Å². The first-order valence-corrected chi connectivity index (χ1v) is 10.1. The second kappa shape index (κ2) is 9.96. The molecule has 2 amide bonds. The molecule has 1 saturated heterocycles. The Kier molecular flexibility index (Phi) is 7.36. The number of hydrogen-bond acceptors (Lipinski definition) is 4. The molecule has 8 heteroatoms. The highest BCUT2D eigenvalue weighted by molar-refractivity contribution is 6.35. The molecule has 0 aromatic heterocycles. The van der Waals surface area contributed by atoms with Gasteiger partial charge in [-0.05, 0) is 55.3 Å². The van der Waals surface area contributed by atoms with Crippen LogP contribution in [0.3, 0.4) is 0 Å². The molecule has 3 N–H and O–H groups in total. The van der Waals surface area contributed by atoms with Gasteiger partial charge in [0.1, 0.15) is 5.75 Å². The number of carbonyl (C=O) groups is 2. The Hall–Kier alpha value is -2.28. The van der Waals surface area contributed by atoms with Gasteiger partial charge in [0, 0.05) is 23.8 Å². The van der Waals surface area contributed by atoms with Crippen LogP contribution in [-0.2, 0) is 16.1 Å². The number of amides is 2. The van der Waals surface area contributed by atoms with Gasteiger partial charge in [-0.3, -0.25) is 14.5 Å². The molecule has 154 valence electrons. The fourth-order valence-electron chi connectivity index (χ4n) is 3.32. The second-order valence-electron chi connectivity index (χ2n) is 7.09. The molecule has 0 spiro atoms. The van der Waals surface area contributed by atoms with Gasteiger partial charge >= 0.3 is 0 Å². The fourth-order valence-corrected chi connectivity index (χ4v) is 3.78. The fraction of sp³-hybridized carbons (Fsp3) is 0.333. The molecule has 2 aromatic rings. The van der Waals surface area contributed by atoms with E-state index in [0.29, 0.717) is 28.0 Å². The minimum absolute atomic E-state index is 0.0727. The van der Waals surface area contributed by atoms with Gasteiger partial charge in [-0.1, -0.05) is 35.3 Å². The molecule has 0 aliphatic carbocycles. The highest BCUT2D eigenvalue weighted by Crippen LogP contribution is 2.27. The number of piperidine rings is 1. The SMILES string of the molecule is NC(=O)C1CCCN(Cc2ccc(NC(=O)COc3ccc(Cl)cc3Cl)cc2)C1. The number of ether oxygens (including phenoxy) is 1. The summed E-state index contributed by atoms with van der Waals surface area (Å²) in [7, 11) is 0. The minimum atomic E-state index is -0.288. The molecule has 1 atom stereocenters. The Morgan fingerprint density at radius 2 is 1.93 bits per heavy atom. The van der Waals surface area contributed by atoms with Gasteiger partial charge in [0.25, 0.3) is 5.91 Å². The number of benzene rings is 2. The molecule has 6 nitrogen and oxygen atoms in total. The van der Waals surface area contributed by atoms with Crippen LogP contribution in [0.25, 0.3) is 0 Å². The van der Waals surface area contributed by atoms with Crippen LogP contribution in [0.15, 0.2) is 42.5 Å². The molecule has 0 bridgehead atoms. The van der Waals surface area contributed by atoms with Gasteiger partial charge in [0.2, 0.25) is 5.91 Å². The highest BCUT2D eigenvalue weighted by atomic mass is 35.5. The lowest BCUT2D eigenvalue weighted by molar-refractivity contribution is -0.123. The van der Waals surface area contributed by atoms with Gasteiger partial charge in [0.05, 0.1) is 10.9 Å². The van der Waals surface area contributed by atoms with Gasteiger partial charge in [-0.25, -0.2) is 0 Å². The largest absolute Gasteiger partial charge is 0.482 e. The van der Waals surface area contributed by atoms with Crippen molar-refractivity contribution < 1.29 is 14.3 Å². The van der Waals surface area contributed by atoms with Crippen molar-refractivity contribution in [1.82, 2.24) is 4.90 Å². The summed E-state index contributed by atoms with van der Waals surface area (Å²) >= 11 is 11.9. The van der Waals surface area contributed by atoms with Crippen LogP contribution in [0.5, 0.6) is 5.75 Å². The lowest BCUT2D eigenvalue weighted by Gasteiger charge is -2.31. The summed E-state index contributed by atoms with van der Waals surface area (Å²) in [6.45, 7) is 2.23. The number of nitrogens with two attached hydrogens (primary N) is 1. The number of anilines is 1. The number of carbonyl (C=O) groups excluding carboxylic acids is 2. The number of primary amides is 1. The monoisotopic (exact) mass is 435 g/mol. The predicted molar refractivity (Wildman–Crippen MR) is 114 cm³/mol. The number of likely N-dealkylation sites (tertiary alicyclic amines) is 1. The van der Waals surface area contributed by atoms with Crippen molar-refractivity contribution in [1.29, 1.82) is 0 Å². The Bertz CT molecular complexity index is 874. The van der Waals surface area contributed by atoms with Gasteiger partial charge in [-0.15, -0.1) is 0 Å². The molecular formula is C21H23Cl2N3O3. The molecule has 29 heavy (non-hydrogen) atoms. The van der Waals surface area contributed by atoms with Crippen molar-refractivity contribution in [3.8, 4) is 5.75 Å². The summed E-state index contributed by atoms with van der Waals surface area (Å²) < 4.78 is 5.43. The topological polar surface area (TPSA) is 84.7 Å². The van der Waals surface area contributed by atoms with Crippen molar-refractivity contribution in [2.45, 2.75) is 19.4 Å². The third kappa shape index (κ3) is 6.35. The Morgan fingerprint density at radius 3 is 2.62 bits per heavy atom. The normalized spacial score (nSPS) is 17.0. The third-order valence-electron chi connectivity index (χ3n) is 4.80. The Balaban J connectivity index is 1.48. The van der Waals surface area contributed by atoms with E-state index >= 15 is 0 Å². The molecule has 1 heterocycles. The van der Waals surface area contributed by atoms with Crippen LogP contribution in [-0.4, -0.2) is 36.4 Å². The second-order valence-corrected chi connectivity index (χ2v) is 7.93. The summed E-state index contributed by atoms with van der Waals surface area (Å²) in [4.78, 5) is 25.7. The molecule has 1 unspecified atom stereocenters. The Labute approximate surface area is 179 Å². The van der Waals surface area contributed by atoms with Crippen molar-refractivity contribution >= 4 is 40.7 Å². The molecule has 0 radical (unpaired) electrons. The quantitative estimate of drug-likeness (QED) is 0.693. The molecule has 3 rings (SSSR count). The summed E-state index contributed by atoms with van der Waals surface area (Å²) in [6.07, 6.45) is 1.83. The lowest BCUT2D eigenvalue weighted by atomic mass is 9.97. The lowest BCUT2D eigenvalue weighted by Crippen LogP contribution is -2.40. The molecule has 1 fully saturated rings. The molecule has 2 aromatic carbocycles. The van der Waals surface area contributed by atoms with Crippen molar-refractivity contribution in [3.63, 3.8) is 0 Å². The minimum Gasteiger partial charge on any atom is -0.482 e. The van der Waals surface area contributed by atoms with Crippen LogP contribution >= 0.6 is 23.2 Å². The molecule has 1 aliphatic heterocycles. The predicted octanol–water partition coefficient (Wildman–Crippen LogP) is 3.71. The van der Waals surface area contributed by atoms with Crippen LogP contribution in [0.2, 0.25) is 10.0 Å². The first kappa shape index (κ1) is 21.4. The van der Waals surface area contributed by atoms with Gasteiger partial charge < -0.3 is 15.8 Å². The van der Waals surface area contributed by atoms with E-state index < -0.39 is 0 Å². The van der Waals surface area contributed by atoms with Gasteiger partial charge in [-0.2, -0.15) is 0 Å². The van der Waals surface area contributed by atoms with E-state index in [9.17, 15) is 9.59 Å². The van der Waals surface area contributed by atoms with Crippen molar-refractivity contribution in [2.24, 2.45) is 11.7 Å². The summed E-state index contributed by atoms with van der Waals surface area (Å²) in [5.41, 5.74) is 7.22. The number of rotatable bonds is 7. The highest BCUT2D eigenvalue weighted by Gasteiger charge is 2.23. The summed E-state index contributed by atoms with van der Waals surface area (Å²) in [5.74, 6) is -0.187. The molecule has 0 saturated carbocycles. The maximum Gasteiger partial charge on any atom is 0.262 e. The molecule has 1 aliphatic rings. The van der Waals surface area contributed by atoms with E-state index in [1.807, 2.05) is 24.3 Å². The standard InChI is InChI=1S/C21H23Cl2N3O3/c22-16-5-8-19(18(23)10-16)29-13-20(27)25-17-6-3-14(4-7-17)11-26-9-1-2-15(12-26)21(24)28/h3-8,10,15H,1-2,9,11-13H2,(H2,24,28)(H,25,27). The van der Waals surface area contributed by atoms with Crippen molar-refractivity contribution in [2.75, 3.05) is 25.0 Å². The Morgan fingerprint density at radius 1 is 1.17 bits per heavy atom. The summed E-state index contributed by atoms with van der Waals surface area (Å²) in [5, 5.41) is 3.64. The van der Waals surface area contributed by atoms with E-state index in [2.05, 4.69) is 10.2 Å². The number of nitrogens with zero attached hydrogens (tertiary/aromatic N) is 1. The smallest absolute Gasteiger partial charge is 0.262 e. The zero-order valence-electron chi connectivity index (χ0n) is 15.9. The van der Waals surface area contributed by atoms with Crippen LogP contribution in [0, 0.1) is 5.92 Å². The van der Waals surface area contributed by atoms with E-state index in [1.165, 1.54) is 0 Å². The van der Waals surface area contributed by atoms with Crippen LogP contribution in [0.1, 0.15) is 18.4 Å². The third-order valence-corrected chi connectivity index (χ3v) is 5.33. The van der Waals surface area contributed by atoms with E-state index in [4.69, 9.17) is 33.7 Å². The van der Waals surface area contributed by atoms with E-state index in [1.54, 1.807) is 18.2 Å². The number of nitrogens with one attached hydrogen (secondary N) is 1. The maximum atomic E-state index is 12.1. The van der Waals surface area contributed by atoms with Crippen LogP contribution < -0.4 is 15.8 Å². The summed E-state index contributed by atoms with van der Waals surface area (Å²) in [6, 6.07) is 12.4. The number of hydrogen-bond donors (Lipinski definition) is 2.